The highest BCUT2D eigenvalue weighted by Gasteiger charge is 2.22. The van der Waals surface area contributed by atoms with Crippen molar-refractivity contribution in [1.29, 1.82) is 0 Å². The van der Waals surface area contributed by atoms with Crippen LogP contribution in [0.4, 0.5) is 0 Å². The third kappa shape index (κ3) is 17.8. The van der Waals surface area contributed by atoms with E-state index in [1.807, 2.05) is 25.6 Å². The molecule has 0 aliphatic carbocycles. The van der Waals surface area contributed by atoms with E-state index in [4.69, 9.17) is 4.74 Å². The summed E-state index contributed by atoms with van der Waals surface area (Å²) in [5, 5.41) is 2.34. The van der Waals surface area contributed by atoms with Gasteiger partial charge in [-0.15, -0.1) is 11.8 Å². The molecule has 1 heterocycles. The number of carbonyl (C=O) groups is 3. The fraction of sp³-hybridized carbons (Fsp3) is 0.783. The second kappa shape index (κ2) is 19.2. The predicted molar refractivity (Wildman–Crippen MR) is 131 cm³/mol. The molecular formula is C23H45N3O4S. The van der Waals surface area contributed by atoms with Gasteiger partial charge in [-0.05, 0) is 51.4 Å². The highest BCUT2D eigenvalue weighted by molar-refractivity contribution is 7.99. The number of hydrogen-bond donors (Lipinski definition) is 1. The zero-order valence-corrected chi connectivity index (χ0v) is 21.9. The van der Waals surface area contributed by atoms with E-state index < -0.39 is 0 Å². The fourth-order valence-corrected chi connectivity index (χ4v) is 3.37. The molecule has 0 unspecified atom stereocenters. The molecule has 182 valence electrons. The molecule has 1 N–H and O–H groups in total. The van der Waals surface area contributed by atoms with Crippen LogP contribution in [0.5, 0.6) is 0 Å². The van der Waals surface area contributed by atoms with Gasteiger partial charge in [-0.25, -0.2) is 4.79 Å². The maximum atomic E-state index is 11.9. The van der Waals surface area contributed by atoms with Gasteiger partial charge in [-0.1, -0.05) is 40.7 Å². The van der Waals surface area contributed by atoms with Crippen LogP contribution in [-0.2, 0) is 19.1 Å². The molecule has 7 nitrogen and oxygen atoms in total. The zero-order valence-electron chi connectivity index (χ0n) is 21.1. The summed E-state index contributed by atoms with van der Waals surface area (Å²) in [5.74, 6) is 2.96. The van der Waals surface area contributed by atoms with E-state index in [1.165, 1.54) is 29.5 Å². The molecular weight excluding hydrogens is 414 g/mol. The first kappa shape index (κ1) is 31.6. The van der Waals surface area contributed by atoms with Gasteiger partial charge in [0.05, 0.1) is 19.2 Å². The summed E-state index contributed by atoms with van der Waals surface area (Å²) in [5.41, 5.74) is 0.466. The van der Waals surface area contributed by atoms with E-state index in [0.29, 0.717) is 18.6 Å². The largest absolute Gasteiger partial charge is 0.463 e. The van der Waals surface area contributed by atoms with Crippen LogP contribution in [0.3, 0.4) is 0 Å². The smallest absolute Gasteiger partial charge is 0.333 e. The summed E-state index contributed by atoms with van der Waals surface area (Å²) in [6.45, 7) is 15.4. The lowest BCUT2D eigenvalue weighted by Gasteiger charge is -2.29. The van der Waals surface area contributed by atoms with Gasteiger partial charge in [-0.3, -0.25) is 14.5 Å². The lowest BCUT2D eigenvalue weighted by atomic mass is 10.00. The average molecular weight is 460 g/mol. The van der Waals surface area contributed by atoms with Gasteiger partial charge in [0.1, 0.15) is 0 Å². The Balaban J connectivity index is 0. The molecule has 1 atom stereocenters. The van der Waals surface area contributed by atoms with Crippen LogP contribution in [-0.4, -0.2) is 79.5 Å². The molecule has 1 aliphatic heterocycles. The summed E-state index contributed by atoms with van der Waals surface area (Å²) < 4.78 is 4.92. The molecule has 0 aromatic rings. The number of nitrogens with zero attached hydrogens (tertiary/aromatic N) is 2. The molecule has 1 rings (SSSR count). The van der Waals surface area contributed by atoms with Crippen molar-refractivity contribution in [1.82, 2.24) is 15.1 Å². The SMILES string of the molecule is CC(C)C.CCOC(=O)/C(C)=C/[C@H](C(C)C)N(C)C(=O)CNC=O.CN1CCCSC1. The number of hydrogen-bond acceptors (Lipinski definition) is 6. The molecule has 0 aromatic carbocycles. The minimum absolute atomic E-state index is 0.0600. The standard InChI is InChI=1S/C14H24N2O4.C5H11NS.C4H10/c1-6-20-14(19)11(4)7-12(10(2)3)16(5)13(18)8-15-9-17;1-6-3-2-4-7-5-6;1-4(2)3/h7,9-10,12H,6,8H2,1-5H3,(H,15,17);2-5H2,1H3;4H,1-3H3/b11-7+;;/t12-;;/m1../s1. The van der Waals surface area contributed by atoms with E-state index in [2.05, 4.69) is 38.0 Å². The third-order valence-electron chi connectivity index (χ3n) is 4.02. The molecule has 8 heteroatoms. The summed E-state index contributed by atoms with van der Waals surface area (Å²) in [6, 6.07) is -0.236. The van der Waals surface area contributed by atoms with E-state index in [-0.39, 0.29) is 30.4 Å². The van der Waals surface area contributed by atoms with Gasteiger partial charge in [0.25, 0.3) is 0 Å². The number of nitrogens with one attached hydrogen (secondary N) is 1. The summed E-state index contributed by atoms with van der Waals surface area (Å²) in [4.78, 5) is 37.6. The van der Waals surface area contributed by atoms with Gasteiger partial charge in [-0.2, -0.15) is 0 Å². The van der Waals surface area contributed by atoms with Crippen LogP contribution in [0.1, 0.15) is 54.9 Å². The van der Waals surface area contributed by atoms with Crippen molar-refractivity contribution in [2.45, 2.75) is 60.9 Å². The maximum Gasteiger partial charge on any atom is 0.333 e. The number of ether oxygens (including phenoxy) is 1. The summed E-state index contributed by atoms with van der Waals surface area (Å²) >= 11 is 2.03. The number of carbonyl (C=O) groups excluding carboxylic acids is 3. The Kier molecular flexibility index (Phi) is 19.6. The quantitative estimate of drug-likeness (QED) is 0.340. The maximum absolute atomic E-state index is 11.9. The first-order valence-corrected chi connectivity index (χ1v) is 12.2. The Labute approximate surface area is 194 Å². The van der Waals surface area contributed by atoms with Crippen molar-refractivity contribution >= 4 is 30.0 Å². The molecule has 0 aromatic heterocycles. The van der Waals surface area contributed by atoms with Gasteiger partial charge in [0, 0.05) is 18.5 Å². The Morgan fingerprint density at radius 2 is 1.81 bits per heavy atom. The molecule has 0 radical (unpaired) electrons. The Morgan fingerprint density at radius 3 is 2.16 bits per heavy atom. The lowest BCUT2D eigenvalue weighted by Crippen LogP contribution is -2.43. The molecule has 0 spiro atoms. The number of likely N-dealkylation sites (N-methyl/N-ethyl adjacent to an activating group) is 1. The van der Waals surface area contributed by atoms with Gasteiger partial charge >= 0.3 is 5.97 Å². The third-order valence-corrected chi connectivity index (χ3v) is 5.22. The monoisotopic (exact) mass is 459 g/mol. The molecule has 0 saturated carbocycles. The summed E-state index contributed by atoms with van der Waals surface area (Å²) in [7, 11) is 3.82. The number of amides is 2. The number of thioether (sulfide) groups is 1. The average Bonchev–Trinajstić information content (AvgIpc) is 2.70. The molecule has 31 heavy (non-hydrogen) atoms. The topological polar surface area (TPSA) is 79.0 Å². The first-order chi connectivity index (χ1) is 14.5. The van der Waals surface area contributed by atoms with Crippen LogP contribution in [0, 0.1) is 11.8 Å². The van der Waals surface area contributed by atoms with Crippen LogP contribution in [0.15, 0.2) is 11.6 Å². The van der Waals surface area contributed by atoms with Gasteiger partial charge in [0.15, 0.2) is 0 Å². The second-order valence-electron chi connectivity index (χ2n) is 8.51. The van der Waals surface area contributed by atoms with Gasteiger partial charge < -0.3 is 15.0 Å². The van der Waals surface area contributed by atoms with Crippen molar-refractivity contribution in [3.05, 3.63) is 11.6 Å². The van der Waals surface area contributed by atoms with Crippen molar-refractivity contribution in [3.8, 4) is 0 Å². The van der Waals surface area contributed by atoms with Crippen molar-refractivity contribution in [3.63, 3.8) is 0 Å². The molecule has 1 saturated heterocycles. The van der Waals surface area contributed by atoms with E-state index >= 15 is 0 Å². The minimum Gasteiger partial charge on any atom is -0.463 e. The molecule has 1 fully saturated rings. The summed E-state index contributed by atoms with van der Waals surface area (Å²) in [6.07, 6.45) is 3.58. The number of esters is 1. The Morgan fingerprint density at radius 1 is 1.23 bits per heavy atom. The van der Waals surface area contributed by atoms with Crippen LogP contribution in [0.25, 0.3) is 0 Å². The zero-order chi connectivity index (χ0) is 24.4. The normalized spacial score (nSPS) is 15.1. The molecule has 0 bridgehead atoms. The minimum atomic E-state index is -0.384. The highest BCUT2D eigenvalue weighted by Crippen LogP contribution is 2.14. The Bertz CT molecular complexity index is 530. The van der Waals surface area contributed by atoms with E-state index in [1.54, 1.807) is 27.0 Å². The van der Waals surface area contributed by atoms with Crippen LogP contribution in [0.2, 0.25) is 0 Å². The van der Waals surface area contributed by atoms with Crippen LogP contribution >= 0.6 is 11.8 Å². The molecule has 2 amide bonds. The first-order valence-electron chi connectivity index (χ1n) is 11.0. The van der Waals surface area contributed by atoms with E-state index in [9.17, 15) is 14.4 Å². The van der Waals surface area contributed by atoms with Crippen molar-refractivity contribution in [2.75, 3.05) is 45.4 Å². The van der Waals surface area contributed by atoms with Gasteiger partial charge in [0.2, 0.25) is 12.3 Å². The van der Waals surface area contributed by atoms with E-state index in [0.717, 1.165) is 5.92 Å². The lowest BCUT2D eigenvalue weighted by molar-refractivity contribution is -0.138. The number of rotatable bonds is 8. The molecule has 1 aliphatic rings. The van der Waals surface area contributed by atoms with Crippen LogP contribution < -0.4 is 5.32 Å². The Hall–Kier alpha value is -1.54. The van der Waals surface area contributed by atoms with Crippen molar-refractivity contribution in [2.24, 2.45) is 11.8 Å². The second-order valence-corrected chi connectivity index (χ2v) is 9.59. The predicted octanol–water partition coefficient (Wildman–Crippen LogP) is 3.40. The highest BCUT2D eigenvalue weighted by atomic mass is 32.2. The fourth-order valence-electron chi connectivity index (χ4n) is 2.46. The van der Waals surface area contributed by atoms with Crippen molar-refractivity contribution < 1.29 is 19.1 Å².